The molecule has 0 bridgehead atoms. The maximum absolute atomic E-state index is 12.2. The van der Waals surface area contributed by atoms with Crippen LogP contribution in [-0.4, -0.2) is 51.1 Å². The lowest BCUT2D eigenvalue weighted by Gasteiger charge is -2.31. The quantitative estimate of drug-likeness (QED) is 0.768. The van der Waals surface area contributed by atoms with Gasteiger partial charge < -0.3 is 15.4 Å². The Labute approximate surface area is 155 Å². The van der Waals surface area contributed by atoms with E-state index in [-0.39, 0.29) is 18.3 Å². The van der Waals surface area contributed by atoms with E-state index in [0.29, 0.717) is 23.0 Å². The summed E-state index contributed by atoms with van der Waals surface area (Å²) >= 11 is 6.07. The van der Waals surface area contributed by atoms with Crippen molar-refractivity contribution in [2.24, 2.45) is 5.92 Å². The highest BCUT2D eigenvalue weighted by molar-refractivity contribution is 6.32. The first-order chi connectivity index (χ1) is 11.1. The number of hydrogen-bond donors (Lipinski definition) is 2. The highest BCUT2D eigenvalue weighted by atomic mass is 35.5. The van der Waals surface area contributed by atoms with Crippen molar-refractivity contribution < 1.29 is 9.53 Å². The molecular formula is C17H27Cl2N3O2. The fraction of sp³-hybridized carbons (Fsp3) is 0.588. The van der Waals surface area contributed by atoms with Crippen LogP contribution >= 0.6 is 24.0 Å². The first-order valence-corrected chi connectivity index (χ1v) is 8.50. The molecule has 1 aromatic carbocycles. The third kappa shape index (κ3) is 6.48. The summed E-state index contributed by atoms with van der Waals surface area (Å²) < 4.78 is 5.11. The first kappa shape index (κ1) is 21.0. The molecule has 7 heteroatoms. The largest absolute Gasteiger partial charge is 0.495 e. The molecule has 0 atom stereocenters. The maximum atomic E-state index is 12.2. The normalized spacial score (nSPS) is 15.6. The average Bonchev–Trinajstić information content (AvgIpc) is 2.54. The zero-order chi connectivity index (χ0) is 16.7. The fourth-order valence-electron chi connectivity index (χ4n) is 2.93. The third-order valence-electron chi connectivity index (χ3n) is 4.31. The van der Waals surface area contributed by atoms with Gasteiger partial charge in [-0.05, 0) is 70.1 Å². The number of anilines is 1. The van der Waals surface area contributed by atoms with Crippen LogP contribution in [0.25, 0.3) is 0 Å². The second kappa shape index (κ2) is 10.8. The van der Waals surface area contributed by atoms with Gasteiger partial charge in [-0.1, -0.05) is 11.6 Å². The molecule has 24 heavy (non-hydrogen) atoms. The summed E-state index contributed by atoms with van der Waals surface area (Å²) in [6.45, 7) is 3.49. The van der Waals surface area contributed by atoms with Gasteiger partial charge in [0.05, 0.1) is 18.7 Å². The second-order valence-corrected chi connectivity index (χ2v) is 6.42. The second-order valence-electron chi connectivity index (χ2n) is 6.01. The first-order valence-electron chi connectivity index (χ1n) is 8.12. The van der Waals surface area contributed by atoms with Crippen LogP contribution in [0.3, 0.4) is 0 Å². The van der Waals surface area contributed by atoms with E-state index in [4.69, 9.17) is 16.3 Å². The van der Waals surface area contributed by atoms with E-state index in [1.54, 1.807) is 25.3 Å². The van der Waals surface area contributed by atoms with Crippen LogP contribution in [0.2, 0.25) is 5.02 Å². The summed E-state index contributed by atoms with van der Waals surface area (Å²) in [7, 11) is 3.56. The summed E-state index contributed by atoms with van der Waals surface area (Å²) in [5.41, 5.74) is 0.699. The number of piperidine rings is 1. The average molecular weight is 376 g/mol. The van der Waals surface area contributed by atoms with Gasteiger partial charge in [0.15, 0.2) is 0 Å². The Bertz CT molecular complexity index is 521. The van der Waals surface area contributed by atoms with Crippen LogP contribution < -0.4 is 15.4 Å². The van der Waals surface area contributed by atoms with E-state index in [1.807, 2.05) is 7.05 Å². The minimum atomic E-state index is -0.0000849. The number of benzene rings is 1. The monoisotopic (exact) mass is 375 g/mol. The van der Waals surface area contributed by atoms with Crippen LogP contribution in [0.5, 0.6) is 5.75 Å². The number of hydrogen-bond acceptors (Lipinski definition) is 4. The number of likely N-dealkylation sites (tertiary alicyclic amines) is 1. The van der Waals surface area contributed by atoms with Gasteiger partial charge in [-0.2, -0.15) is 0 Å². The number of carbonyl (C=O) groups excluding carboxylic acids is 1. The molecule has 1 aliphatic heterocycles. The summed E-state index contributed by atoms with van der Waals surface area (Å²) in [4.78, 5) is 14.4. The number of nitrogens with zero attached hydrogens (tertiary/aromatic N) is 1. The molecule has 1 heterocycles. The van der Waals surface area contributed by atoms with Crippen molar-refractivity contribution in [3.05, 3.63) is 23.2 Å². The van der Waals surface area contributed by atoms with Crippen molar-refractivity contribution in [2.45, 2.75) is 19.3 Å². The van der Waals surface area contributed by atoms with Crippen LogP contribution in [0.15, 0.2) is 18.2 Å². The zero-order valence-electron chi connectivity index (χ0n) is 14.3. The topological polar surface area (TPSA) is 53.6 Å². The van der Waals surface area contributed by atoms with Crippen LogP contribution in [0.1, 0.15) is 19.3 Å². The smallest absolute Gasteiger partial charge is 0.238 e. The van der Waals surface area contributed by atoms with E-state index in [1.165, 1.54) is 19.3 Å². The molecule has 2 N–H and O–H groups in total. The van der Waals surface area contributed by atoms with Crippen LogP contribution in [0.4, 0.5) is 5.69 Å². The maximum Gasteiger partial charge on any atom is 0.238 e. The number of methoxy groups -OCH3 is 1. The highest BCUT2D eigenvalue weighted by Gasteiger charge is 2.20. The zero-order valence-corrected chi connectivity index (χ0v) is 15.9. The third-order valence-corrected chi connectivity index (χ3v) is 4.61. The summed E-state index contributed by atoms with van der Waals surface area (Å²) in [6, 6.07) is 5.26. The molecule has 5 nitrogen and oxygen atoms in total. The minimum absolute atomic E-state index is 0. The van der Waals surface area contributed by atoms with Gasteiger partial charge in [0, 0.05) is 5.69 Å². The van der Waals surface area contributed by atoms with Crippen molar-refractivity contribution in [1.82, 2.24) is 10.2 Å². The Hall–Kier alpha value is -1.01. The molecule has 2 rings (SSSR count). The minimum Gasteiger partial charge on any atom is -0.495 e. The SMILES string of the molecule is CNCCC1CCN(CC(=O)Nc2ccc(OC)c(Cl)c2)CC1.Cl. The molecule has 1 fully saturated rings. The van der Waals surface area contributed by atoms with Crippen molar-refractivity contribution in [3.63, 3.8) is 0 Å². The van der Waals surface area contributed by atoms with Crippen LogP contribution in [-0.2, 0) is 4.79 Å². The van der Waals surface area contributed by atoms with Gasteiger partial charge in [0.2, 0.25) is 5.91 Å². The molecule has 136 valence electrons. The van der Waals surface area contributed by atoms with Crippen molar-refractivity contribution in [3.8, 4) is 5.75 Å². The molecule has 1 aliphatic rings. The molecule has 0 radical (unpaired) electrons. The molecule has 1 saturated heterocycles. The van der Waals surface area contributed by atoms with Gasteiger partial charge in [0.1, 0.15) is 5.75 Å². The fourth-order valence-corrected chi connectivity index (χ4v) is 3.19. The molecule has 0 aliphatic carbocycles. The number of rotatable bonds is 7. The van der Waals surface area contributed by atoms with E-state index >= 15 is 0 Å². The molecule has 0 unspecified atom stereocenters. The molecule has 1 amide bonds. The van der Waals surface area contributed by atoms with Crippen molar-refractivity contribution in [1.29, 1.82) is 0 Å². The number of halogens is 2. The predicted octanol–water partition coefficient (Wildman–Crippen LogP) is 3.03. The molecule has 0 spiro atoms. The van der Waals surface area contributed by atoms with Crippen molar-refractivity contribution >= 4 is 35.6 Å². The van der Waals surface area contributed by atoms with Gasteiger partial charge in [-0.3, -0.25) is 9.69 Å². The number of amides is 1. The standard InChI is InChI=1S/C17H26ClN3O2.ClH/c1-19-8-5-13-6-9-21(10-7-13)12-17(22)20-14-3-4-16(23-2)15(18)11-14;/h3-4,11,13,19H,5-10,12H2,1-2H3,(H,20,22);1H. The van der Waals surface area contributed by atoms with Gasteiger partial charge in [-0.25, -0.2) is 0 Å². The lowest BCUT2D eigenvalue weighted by molar-refractivity contribution is -0.117. The number of nitrogens with one attached hydrogen (secondary N) is 2. The predicted molar refractivity (Wildman–Crippen MR) is 102 cm³/mol. The molecule has 1 aromatic rings. The Morgan fingerprint density at radius 3 is 2.67 bits per heavy atom. The molecule has 0 saturated carbocycles. The number of carbonyl (C=O) groups is 1. The van der Waals surface area contributed by atoms with E-state index in [0.717, 1.165) is 25.6 Å². The van der Waals surface area contributed by atoms with Crippen molar-refractivity contribution in [2.75, 3.05) is 45.7 Å². The molecular weight excluding hydrogens is 349 g/mol. The summed E-state index contributed by atoms with van der Waals surface area (Å²) in [5.74, 6) is 1.38. The van der Waals surface area contributed by atoms with E-state index in [9.17, 15) is 4.79 Å². The van der Waals surface area contributed by atoms with Gasteiger partial charge in [0.25, 0.3) is 0 Å². The Morgan fingerprint density at radius 2 is 2.08 bits per heavy atom. The highest BCUT2D eigenvalue weighted by Crippen LogP contribution is 2.27. The lowest BCUT2D eigenvalue weighted by atomic mass is 9.93. The number of ether oxygens (including phenoxy) is 1. The Kier molecular flexibility index (Phi) is 9.44. The van der Waals surface area contributed by atoms with Crippen LogP contribution in [0, 0.1) is 5.92 Å². The van der Waals surface area contributed by atoms with Gasteiger partial charge >= 0.3 is 0 Å². The van der Waals surface area contributed by atoms with E-state index < -0.39 is 0 Å². The summed E-state index contributed by atoms with van der Waals surface area (Å²) in [6.07, 6.45) is 3.56. The van der Waals surface area contributed by atoms with Gasteiger partial charge in [-0.15, -0.1) is 12.4 Å². The molecule has 0 aromatic heterocycles. The Balaban J connectivity index is 0.00000288. The van der Waals surface area contributed by atoms with E-state index in [2.05, 4.69) is 15.5 Å². The Morgan fingerprint density at radius 1 is 1.38 bits per heavy atom. The lowest BCUT2D eigenvalue weighted by Crippen LogP contribution is -2.39. The summed E-state index contributed by atoms with van der Waals surface area (Å²) in [5, 5.41) is 6.59.